The van der Waals surface area contributed by atoms with Gasteiger partial charge in [0.15, 0.2) is 34.8 Å². The van der Waals surface area contributed by atoms with Gasteiger partial charge in [-0.2, -0.15) is 0 Å². The number of ether oxygens (including phenoxy) is 2. The summed E-state index contributed by atoms with van der Waals surface area (Å²) in [6.45, 7) is 1.56. The second kappa shape index (κ2) is 7.99. The molecule has 1 aliphatic heterocycles. The van der Waals surface area contributed by atoms with Crippen LogP contribution in [-0.2, 0) is 0 Å². The maximum atomic E-state index is 15.1. The van der Waals surface area contributed by atoms with Gasteiger partial charge in [-0.05, 0) is 24.6 Å². The molecule has 0 atom stereocenters. The topological polar surface area (TPSA) is 73.3 Å². The molecule has 32 heavy (non-hydrogen) atoms. The summed E-state index contributed by atoms with van der Waals surface area (Å²) in [4.78, 5) is 19.9. The molecule has 4 aromatic rings. The van der Waals surface area contributed by atoms with Crippen LogP contribution in [0.2, 0.25) is 0 Å². The van der Waals surface area contributed by atoms with Crippen LogP contribution in [0.4, 0.5) is 14.6 Å². The molecule has 0 spiro atoms. The van der Waals surface area contributed by atoms with Crippen LogP contribution in [0.5, 0.6) is 11.5 Å². The Hall–Kier alpha value is -3.88. The average Bonchev–Trinajstić information content (AvgIpc) is 2.78. The summed E-state index contributed by atoms with van der Waals surface area (Å²) in [6.07, 6.45) is 5.99. The zero-order valence-corrected chi connectivity index (χ0v) is 17.5. The number of aromatic nitrogens is 4. The predicted octanol–water partition coefficient (Wildman–Crippen LogP) is 4.26. The number of fused-ring (bicyclic) bond motifs is 1. The molecule has 0 N–H and O–H groups in total. The minimum absolute atomic E-state index is 0.115. The van der Waals surface area contributed by atoms with Gasteiger partial charge < -0.3 is 14.4 Å². The summed E-state index contributed by atoms with van der Waals surface area (Å²) in [7, 11) is 2.62. The fraction of sp³-hybridized carbons (Fsp3) is 0.217. The summed E-state index contributed by atoms with van der Waals surface area (Å²) in [5.41, 5.74) is 1.17. The molecule has 162 valence electrons. The summed E-state index contributed by atoms with van der Waals surface area (Å²) < 4.78 is 40.4. The number of hydrogen-bond acceptors (Lipinski definition) is 7. The fourth-order valence-electron chi connectivity index (χ4n) is 3.64. The van der Waals surface area contributed by atoms with Gasteiger partial charge in [-0.15, -0.1) is 0 Å². The van der Waals surface area contributed by atoms with E-state index in [0.29, 0.717) is 22.5 Å². The van der Waals surface area contributed by atoms with E-state index in [4.69, 9.17) is 14.5 Å². The molecule has 1 fully saturated rings. The monoisotopic (exact) mass is 435 g/mol. The van der Waals surface area contributed by atoms with Gasteiger partial charge in [0.1, 0.15) is 5.52 Å². The van der Waals surface area contributed by atoms with E-state index in [9.17, 15) is 0 Å². The van der Waals surface area contributed by atoms with Crippen molar-refractivity contribution in [3.63, 3.8) is 0 Å². The Kier molecular flexibility index (Phi) is 5.01. The molecule has 1 aromatic carbocycles. The number of nitrogens with zero attached hydrogens (tertiary/aromatic N) is 5. The highest BCUT2D eigenvalue weighted by molar-refractivity contribution is 5.93. The van der Waals surface area contributed by atoms with Gasteiger partial charge in [0.2, 0.25) is 0 Å². The minimum atomic E-state index is -0.847. The Balaban J connectivity index is 1.75. The maximum absolute atomic E-state index is 15.1. The van der Waals surface area contributed by atoms with Crippen molar-refractivity contribution in [2.75, 3.05) is 32.2 Å². The molecule has 0 saturated carbocycles. The van der Waals surface area contributed by atoms with Crippen molar-refractivity contribution < 1.29 is 18.3 Å². The van der Waals surface area contributed by atoms with Crippen LogP contribution in [0.15, 0.2) is 42.9 Å². The van der Waals surface area contributed by atoms with E-state index >= 15 is 8.78 Å². The van der Waals surface area contributed by atoms with E-state index in [1.54, 1.807) is 24.7 Å². The van der Waals surface area contributed by atoms with Crippen molar-refractivity contribution in [3.05, 3.63) is 54.5 Å². The minimum Gasteiger partial charge on any atom is -0.494 e. The fourth-order valence-corrected chi connectivity index (χ4v) is 3.64. The maximum Gasteiger partial charge on any atom is 0.177 e. The molecule has 0 bridgehead atoms. The first-order valence-corrected chi connectivity index (χ1v) is 10.0. The molecule has 0 unspecified atom stereocenters. The smallest absolute Gasteiger partial charge is 0.177 e. The second-order valence-electron chi connectivity index (χ2n) is 7.33. The molecule has 1 saturated heterocycles. The molecule has 4 heterocycles. The van der Waals surface area contributed by atoms with Crippen molar-refractivity contribution >= 4 is 16.7 Å². The van der Waals surface area contributed by atoms with Gasteiger partial charge in [0.25, 0.3) is 0 Å². The van der Waals surface area contributed by atoms with E-state index < -0.39 is 11.6 Å². The first-order chi connectivity index (χ1) is 15.6. The Morgan fingerprint density at radius 2 is 1.72 bits per heavy atom. The van der Waals surface area contributed by atoms with Gasteiger partial charge >= 0.3 is 0 Å². The lowest BCUT2D eigenvalue weighted by molar-refractivity contribution is 0.359. The van der Waals surface area contributed by atoms with Gasteiger partial charge in [0.05, 0.1) is 25.5 Å². The van der Waals surface area contributed by atoms with Gasteiger partial charge in [-0.3, -0.25) is 4.98 Å². The van der Waals surface area contributed by atoms with Crippen molar-refractivity contribution in [1.29, 1.82) is 0 Å². The lowest BCUT2D eigenvalue weighted by Gasteiger charge is -2.32. The highest BCUT2D eigenvalue weighted by Crippen LogP contribution is 2.39. The van der Waals surface area contributed by atoms with Crippen molar-refractivity contribution in [3.8, 4) is 34.1 Å². The van der Waals surface area contributed by atoms with Crippen LogP contribution in [0.25, 0.3) is 33.5 Å². The van der Waals surface area contributed by atoms with Gasteiger partial charge in [-0.1, -0.05) is 0 Å². The standard InChI is InChI=1S/C23H19F2N5O2/c1-31-16-10-17(32-2)20(25)18(19(16)24)15-9-14-12-27-22(13-5-3-6-26-11-13)29-21(14)23(28-15)30-7-4-8-30/h3,5-6,9-12H,4,7-8H2,1-2H3. The molecule has 7 nitrogen and oxygen atoms in total. The van der Waals surface area contributed by atoms with Crippen molar-refractivity contribution in [2.45, 2.75) is 6.42 Å². The number of hydrogen-bond donors (Lipinski definition) is 0. The van der Waals surface area contributed by atoms with Gasteiger partial charge in [0, 0.05) is 48.7 Å². The molecule has 9 heteroatoms. The van der Waals surface area contributed by atoms with Gasteiger partial charge in [-0.25, -0.2) is 23.7 Å². The van der Waals surface area contributed by atoms with E-state index in [-0.39, 0.29) is 22.8 Å². The summed E-state index contributed by atoms with van der Waals surface area (Å²) in [5.74, 6) is -0.901. The Bertz CT molecular complexity index is 1290. The third-order valence-electron chi connectivity index (χ3n) is 5.45. The van der Waals surface area contributed by atoms with E-state index in [0.717, 1.165) is 25.1 Å². The van der Waals surface area contributed by atoms with Crippen LogP contribution in [0, 0.1) is 11.6 Å². The largest absolute Gasteiger partial charge is 0.494 e. The lowest BCUT2D eigenvalue weighted by Crippen LogP contribution is -2.38. The Labute approximate surface area is 182 Å². The highest BCUT2D eigenvalue weighted by atomic mass is 19.1. The number of pyridine rings is 2. The summed E-state index contributed by atoms with van der Waals surface area (Å²) >= 11 is 0. The molecule has 3 aromatic heterocycles. The number of methoxy groups -OCH3 is 2. The van der Waals surface area contributed by atoms with Crippen molar-refractivity contribution in [1.82, 2.24) is 19.9 Å². The van der Waals surface area contributed by atoms with E-state index in [1.807, 2.05) is 17.0 Å². The zero-order valence-electron chi connectivity index (χ0n) is 17.5. The number of halogens is 2. The number of anilines is 1. The van der Waals surface area contributed by atoms with Crippen LogP contribution < -0.4 is 14.4 Å². The molecule has 0 aliphatic carbocycles. The Morgan fingerprint density at radius 3 is 2.31 bits per heavy atom. The third-order valence-corrected chi connectivity index (χ3v) is 5.45. The molecule has 0 amide bonds. The SMILES string of the molecule is COc1cc(OC)c(F)c(-c2cc3cnc(-c4cccnc4)nc3c(N3CCC3)n2)c1F. The first-order valence-electron chi connectivity index (χ1n) is 10.0. The highest BCUT2D eigenvalue weighted by Gasteiger charge is 2.26. The third kappa shape index (κ3) is 3.26. The quantitative estimate of drug-likeness (QED) is 0.464. The van der Waals surface area contributed by atoms with E-state index in [2.05, 4.69) is 15.0 Å². The molecular formula is C23H19F2N5O2. The average molecular weight is 435 g/mol. The van der Waals surface area contributed by atoms with Crippen LogP contribution >= 0.6 is 0 Å². The predicted molar refractivity (Wildman–Crippen MR) is 116 cm³/mol. The normalized spacial score (nSPS) is 13.2. The molecule has 1 aliphatic rings. The summed E-state index contributed by atoms with van der Waals surface area (Å²) in [6, 6.07) is 6.43. The molecule has 5 rings (SSSR count). The summed E-state index contributed by atoms with van der Waals surface area (Å²) in [5, 5.41) is 0.616. The number of benzene rings is 1. The molecular weight excluding hydrogens is 416 g/mol. The first kappa shape index (κ1) is 20.0. The van der Waals surface area contributed by atoms with Crippen LogP contribution in [0.3, 0.4) is 0 Å². The van der Waals surface area contributed by atoms with Crippen LogP contribution in [0.1, 0.15) is 6.42 Å². The lowest BCUT2D eigenvalue weighted by atomic mass is 10.1. The molecule has 0 radical (unpaired) electrons. The Morgan fingerprint density at radius 1 is 0.969 bits per heavy atom. The second-order valence-corrected chi connectivity index (χ2v) is 7.33. The van der Waals surface area contributed by atoms with E-state index in [1.165, 1.54) is 20.3 Å². The zero-order chi connectivity index (χ0) is 22.2. The number of rotatable bonds is 5. The van der Waals surface area contributed by atoms with Crippen molar-refractivity contribution in [2.24, 2.45) is 0 Å². The van der Waals surface area contributed by atoms with Crippen LogP contribution in [-0.4, -0.2) is 47.2 Å².